The molecule has 2 heterocycles. The highest BCUT2D eigenvalue weighted by molar-refractivity contribution is 7.16. The van der Waals surface area contributed by atoms with Gasteiger partial charge in [0.15, 0.2) is 0 Å². The summed E-state index contributed by atoms with van der Waals surface area (Å²) in [6, 6.07) is 7.28. The van der Waals surface area contributed by atoms with Gasteiger partial charge in [-0.05, 0) is 24.3 Å². The average molecular weight is 326 g/mol. The second-order valence-electron chi connectivity index (χ2n) is 3.83. The number of aliphatic hydroxyl groups excluding tert-OH is 1. The number of nitrogens with one attached hydrogen (secondary N) is 1. The van der Waals surface area contributed by atoms with E-state index in [0.717, 1.165) is 9.75 Å². The molecule has 2 rings (SSSR count). The molecule has 2 aromatic rings. The predicted molar refractivity (Wildman–Crippen MR) is 83.4 cm³/mol. The van der Waals surface area contributed by atoms with E-state index in [0.29, 0.717) is 22.2 Å². The monoisotopic (exact) mass is 325 g/mol. The molecular formula is C14H12ClNO2S2. The van der Waals surface area contributed by atoms with Crippen molar-refractivity contribution in [3.63, 3.8) is 0 Å². The van der Waals surface area contributed by atoms with Crippen molar-refractivity contribution in [1.29, 1.82) is 0 Å². The van der Waals surface area contributed by atoms with Gasteiger partial charge in [0.2, 0.25) is 0 Å². The van der Waals surface area contributed by atoms with Crippen LogP contribution in [0.4, 0.5) is 0 Å². The molecule has 20 heavy (non-hydrogen) atoms. The van der Waals surface area contributed by atoms with E-state index in [9.17, 15) is 4.79 Å². The first-order valence-electron chi connectivity index (χ1n) is 5.91. The molecule has 0 fully saturated rings. The van der Waals surface area contributed by atoms with Gasteiger partial charge in [-0.1, -0.05) is 23.4 Å². The van der Waals surface area contributed by atoms with E-state index >= 15 is 0 Å². The van der Waals surface area contributed by atoms with Gasteiger partial charge >= 0.3 is 0 Å². The van der Waals surface area contributed by atoms with Crippen LogP contribution in [-0.4, -0.2) is 17.6 Å². The molecule has 0 saturated heterocycles. The van der Waals surface area contributed by atoms with Crippen LogP contribution in [0.2, 0.25) is 4.34 Å². The van der Waals surface area contributed by atoms with Crippen LogP contribution in [0.15, 0.2) is 24.3 Å². The summed E-state index contributed by atoms with van der Waals surface area (Å²) in [6.07, 6.45) is 0.443. The van der Waals surface area contributed by atoms with E-state index in [1.807, 2.05) is 18.2 Å². The third-order valence-electron chi connectivity index (χ3n) is 2.33. The smallest absolute Gasteiger partial charge is 0.261 e. The number of amides is 1. The topological polar surface area (TPSA) is 49.3 Å². The fourth-order valence-corrected chi connectivity index (χ4v) is 3.26. The number of thiophene rings is 2. The Morgan fingerprint density at radius 1 is 1.30 bits per heavy atom. The molecule has 0 unspecified atom stereocenters. The highest BCUT2D eigenvalue weighted by atomic mass is 35.5. The lowest BCUT2D eigenvalue weighted by Gasteiger charge is -2.00. The molecule has 0 aliphatic heterocycles. The quantitative estimate of drug-likeness (QED) is 0.848. The van der Waals surface area contributed by atoms with Crippen LogP contribution in [-0.2, 0) is 6.54 Å². The lowest BCUT2D eigenvalue weighted by molar-refractivity contribution is 0.0955. The minimum atomic E-state index is -0.116. The van der Waals surface area contributed by atoms with Gasteiger partial charge in [0.05, 0.1) is 27.2 Å². The summed E-state index contributed by atoms with van der Waals surface area (Å²) in [5.41, 5.74) is 0. The van der Waals surface area contributed by atoms with Crippen LogP contribution in [0.5, 0.6) is 0 Å². The molecule has 1 amide bonds. The number of hydrogen-bond donors (Lipinski definition) is 2. The zero-order valence-electron chi connectivity index (χ0n) is 10.5. The molecule has 2 N–H and O–H groups in total. The summed E-state index contributed by atoms with van der Waals surface area (Å²) < 4.78 is 0.715. The summed E-state index contributed by atoms with van der Waals surface area (Å²) in [7, 11) is 0. The van der Waals surface area contributed by atoms with Crippen molar-refractivity contribution in [2.45, 2.75) is 13.0 Å². The molecule has 0 atom stereocenters. The summed E-state index contributed by atoms with van der Waals surface area (Å²) in [5.74, 6) is 5.63. The van der Waals surface area contributed by atoms with E-state index in [2.05, 4.69) is 17.2 Å². The van der Waals surface area contributed by atoms with Crippen molar-refractivity contribution in [1.82, 2.24) is 5.32 Å². The number of carbonyl (C=O) groups excluding carboxylic acids is 1. The van der Waals surface area contributed by atoms with E-state index in [1.54, 1.807) is 6.07 Å². The molecule has 0 aliphatic carbocycles. The molecule has 0 bridgehead atoms. The van der Waals surface area contributed by atoms with Crippen LogP contribution in [0.1, 0.15) is 25.8 Å². The standard InChI is InChI=1S/C14H12ClNO2S2/c15-13-7-5-11(20-13)9-16-14(18)12-6-4-10(19-12)3-1-2-8-17/h4-7,17H,2,8-9H2,(H,16,18). The first-order chi connectivity index (χ1) is 9.69. The Hall–Kier alpha value is -1.32. The minimum Gasteiger partial charge on any atom is -0.395 e. The van der Waals surface area contributed by atoms with Crippen molar-refractivity contribution in [3.05, 3.63) is 43.2 Å². The number of rotatable bonds is 4. The highest BCUT2D eigenvalue weighted by Gasteiger charge is 2.08. The number of carbonyl (C=O) groups is 1. The van der Waals surface area contributed by atoms with Crippen molar-refractivity contribution in [2.24, 2.45) is 0 Å². The number of halogens is 1. The highest BCUT2D eigenvalue weighted by Crippen LogP contribution is 2.21. The first-order valence-corrected chi connectivity index (χ1v) is 7.92. The fraction of sp³-hybridized carbons (Fsp3) is 0.214. The molecule has 0 spiro atoms. The van der Waals surface area contributed by atoms with Crippen LogP contribution in [0.25, 0.3) is 0 Å². The van der Waals surface area contributed by atoms with Crippen molar-refractivity contribution >= 4 is 40.2 Å². The molecule has 0 aliphatic rings. The Morgan fingerprint density at radius 2 is 2.15 bits per heavy atom. The van der Waals surface area contributed by atoms with Gasteiger partial charge < -0.3 is 10.4 Å². The Labute approximate surface area is 130 Å². The van der Waals surface area contributed by atoms with E-state index in [1.165, 1.54) is 22.7 Å². The molecule has 2 aromatic heterocycles. The maximum atomic E-state index is 12.0. The molecule has 0 aromatic carbocycles. The second kappa shape index (κ2) is 7.46. The maximum Gasteiger partial charge on any atom is 0.261 e. The third-order valence-corrected chi connectivity index (χ3v) is 4.56. The molecule has 104 valence electrons. The van der Waals surface area contributed by atoms with Crippen LogP contribution in [0, 0.1) is 11.8 Å². The van der Waals surface area contributed by atoms with Crippen LogP contribution >= 0.6 is 34.3 Å². The molecule has 0 saturated carbocycles. The normalized spacial score (nSPS) is 9.90. The largest absolute Gasteiger partial charge is 0.395 e. The van der Waals surface area contributed by atoms with Gasteiger partial charge in [0.1, 0.15) is 0 Å². The fourth-order valence-electron chi connectivity index (χ4n) is 1.43. The third kappa shape index (κ3) is 4.36. The van der Waals surface area contributed by atoms with Crippen LogP contribution in [0.3, 0.4) is 0 Å². The van der Waals surface area contributed by atoms with Gasteiger partial charge in [0, 0.05) is 11.3 Å². The second-order valence-corrected chi connectivity index (χ2v) is 6.71. The van der Waals surface area contributed by atoms with Crippen molar-refractivity contribution in [2.75, 3.05) is 6.61 Å². The van der Waals surface area contributed by atoms with E-state index < -0.39 is 0 Å². The lowest BCUT2D eigenvalue weighted by atomic mass is 10.3. The maximum absolute atomic E-state index is 12.0. The van der Waals surface area contributed by atoms with Gasteiger partial charge in [-0.25, -0.2) is 0 Å². The zero-order valence-corrected chi connectivity index (χ0v) is 12.9. The molecule has 6 heteroatoms. The van der Waals surface area contributed by atoms with Crippen molar-refractivity contribution < 1.29 is 9.90 Å². The SMILES string of the molecule is O=C(NCc1ccc(Cl)s1)c1ccc(C#CCCO)s1. The lowest BCUT2D eigenvalue weighted by Crippen LogP contribution is -2.21. The average Bonchev–Trinajstić information content (AvgIpc) is 3.06. The summed E-state index contributed by atoms with van der Waals surface area (Å²) in [6.45, 7) is 0.523. The summed E-state index contributed by atoms with van der Waals surface area (Å²) in [5, 5.41) is 11.5. The van der Waals surface area contributed by atoms with E-state index in [-0.39, 0.29) is 12.5 Å². The van der Waals surface area contributed by atoms with Gasteiger partial charge in [-0.2, -0.15) is 0 Å². The minimum absolute atomic E-state index is 0.0507. The van der Waals surface area contributed by atoms with Crippen LogP contribution < -0.4 is 5.32 Å². The number of hydrogen-bond acceptors (Lipinski definition) is 4. The Morgan fingerprint density at radius 3 is 2.85 bits per heavy atom. The molecule has 0 radical (unpaired) electrons. The zero-order chi connectivity index (χ0) is 14.4. The van der Waals surface area contributed by atoms with E-state index in [4.69, 9.17) is 16.7 Å². The molecular weight excluding hydrogens is 314 g/mol. The predicted octanol–water partition coefficient (Wildman–Crippen LogP) is 3.13. The van der Waals surface area contributed by atoms with Gasteiger partial charge in [0.25, 0.3) is 5.91 Å². The molecule has 3 nitrogen and oxygen atoms in total. The Balaban J connectivity index is 1.91. The first kappa shape index (κ1) is 15.1. The van der Waals surface area contributed by atoms with Gasteiger partial charge in [-0.15, -0.1) is 22.7 Å². The summed E-state index contributed by atoms with van der Waals surface area (Å²) >= 11 is 8.62. The van der Waals surface area contributed by atoms with Crippen molar-refractivity contribution in [3.8, 4) is 11.8 Å². The number of aliphatic hydroxyl groups is 1. The van der Waals surface area contributed by atoms with Gasteiger partial charge in [-0.3, -0.25) is 4.79 Å². The Kier molecular flexibility index (Phi) is 5.62. The summed E-state index contributed by atoms with van der Waals surface area (Å²) in [4.78, 5) is 14.4. The Bertz CT molecular complexity index is 651.